The molecule has 3 aliphatic rings. The predicted molar refractivity (Wildman–Crippen MR) is 71.4 cm³/mol. The number of likely N-dealkylation sites (N-methyl/N-ethyl adjacent to an activating group) is 1. The van der Waals surface area contributed by atoms with E-state index in [2.05, 4.69) is 22.2 Å². The number of hydrogen-bond acceptors (Lipinski definition) is 3. The van der Waals surface area contributed by atoms with Gasteiger partial charge in [0.2, 0.25) is 5.91 Å². The van der Waals surface area contributed by atoms with Crippen LogP contribution in [0.3, 0.4) is 0 Å². The molecule has 0 saturated carbocycles. The zero-order valence-corrected chi connectivity index (χ0v) is 11.4. The molecule has 3 fully saturated rings. The van der Waals surface area contributed by atoms with Crippen molar-refractivity contribution in [1.29, 1.82) is 0 Å². The maximum atomic E-state index is 12.5. The van der Waals surface area contributed by atoms with E-state index in [0.29, 0.717) is 18.0 Å². The van der Waals surface area contributed by atoms with Gasteiger partial charge in [0.05, 0.1) is 6.04 Å². The van der Waals surface area contributed by atoms with Crippen LogP contribution in [0.5, 0.6) is 0 Å². The first kappa shape index (κ1) is 12.4. The molecule has 0 aromatic heterocycles. The Morgan fingerprint density at radius 3 is 2.72 bits per heavy atom. The lowest BCUT2D eigenvalue weighted by molar-refractivity contribution is -0.134. The molecule has 0 aromatic rings. The highest BCUT2D eigenvalue weighted by molar-refractivity contribution is 5.82. The maximum absolute atomic E-state index is 12.5. The van der Waals surface area contributed by atoms with Crippen LogP contribution in [-0.2, 0) is 4.79 Å². The molecular weight excluding hydrogens is 226 g/mol. The van der Waals surface area contributed by atoms with Gasteiger partial charge in [-0.25, -0.2) is 0 Å². The fourth-order valence-corrected chi connectivity index (χ4v) is 3.79. The molecule has 102 valence electrons. The standard InChI is InChI=1S/C14H25N3O/c1-16-11-5-6-12(16)10-17(9-7-11)14(18)13-4-2-3-8-15-13/h11-13,15H,2-10H2,1H3. The monoisotopic (exact) mass is 251 g/mol. The van der Waals surface area contributed by atoms with Crippen LogP contribution in [0.25, 0.3) is 0 Å². The highest BCUT2D eigenvalue weighted by atomic mass is 16.2. The van der Waals surface area contributed by atoms with E-state index in [1.54, 1.807) is 0 Å². The molecule has 4 nitrogen and oxygen atoms in total. The highest BCUT2D eigenvalue weighted by Gasteiger charge is 2.37. The van der Waals surface area contributed by atoms with E-state index in [0.717, 1.165) is 32.5 Å². The molecule has 2 bridgehead atoms. The van der Waals surface area contributed by atoms with Gasteiger partial charge in [0.15, 0.2) is 0 Å². The summed E-state index contributed by atoms with van der Waals surface area (Å²) in [6, 6.07) is 1.41. The molecule has 0 spiro atoms. The molecular formula is C14H25N3O. The minimum Gasteiger partial charge on any atom is -0.340 e. The van der Waals surface area contributed by atoms with Crippen LogP contribution in [0, 0.1) is 0 Å². The number of hydrogen-bond donors (Lipinski definition) is 1. The smallest absolute Gasteiger partial charge is 0.239 e. The first-order valence-corrected chi connectivity index (χ1v) is 7.50. The first-order chi connectivity index (χ1) is 8.75. The third-order valence-corrected chi connectivity index (χ3v) is 5.07. The lowest BCUT2D eigenvalue weighted by Gasteiger charge is -2.31. The van der Waals surface area contributed by atoms with Crippen LogP contribution in [0.15, 0.2) is 0 Å². The number of fused-ring (bicyclic) bond motifs is 2. The quantitative estimate of drug-likeness (QED) is 0.749. The summed E-state index contributed by atoms with van der Waals surface area (Å²) in [6.07, 6.45) is 7.19. The lowest BCUT2D eigenvalue weighted by atomic mass is 10.0. The van der Waals surface area contributed by atoms with Gasteiger partial charge in [-0.15, -0.1) is 0 Å². The number of amides is 1. The van der Waals surface area contributed by atoms with Crippen LogP contribution < -0.4 is 5.32 Å². The van der Waals surface area contributed by atoms with Gasteiger partial charge >= 0.3 is 0 Å². The van der Waals surface area contributed by atoms with E-state index in [1.165, 1.54) is 25.7 Å². The van der Waals surface area contributed by atoms with E-state index in [1.807, 2.05) is 0 Å². The Morgan fingerprint density at radius 1 is 1.11 bits per heavy atom. The Balaban J connectivity index is 1.63. The van der Waals surface area contributed by atoms with E-state index in [-0.39, 0.29) is 6.04 Å². The summed E-state index contributed by atoms with van der Waals surface area (Å²) in [4.78, 5) is 17.2. The van der Waals surface area contributed by atoms with Gasteiger partial charge in [0, 0.05) is 25.2 Å². The van der Waals surface area contributed by atoms with Crippen molar-refractivity contribution in [3.05, 3.63) is 0 Å². The molecule has 3 rings (SSSR count). The van der Waals surface area contributed by atoms with Gasteiger partial charge in [-0.3, -0.25) is 9.69 Å². The second kappa shape index (κ2) is 5.17. The number of likely N-dealkylation sites (tertiary alicyclic amines) is 1. The van der Waals surface area contributed by atoms with Crippen molar-refractivity contribution in [2.24, 2.45) is 0 Å². The number of carbonyl (C=O) groups excluding carboxylic acids is 1. The lowest BCUT2D eigenvalue weighted by Crippen LogP contribution is -2.50. The number of rotatable bonds is 1. The Hall–Kier alpha value is -0.610. The molecule has 1 N–H and O–H groups in total. The van der Waals surface area contributed by atoms with Gasteiger partial charge in [0.1, 0.15) is 0 Å². The molecule has 4 heteroatoms. The Labute approximate surface area is 110 Å². The molecule has 3 atom stereocenters. The molecule has 0 aromatic carbocycles. The summed E-state index contributed by atoms with van der Waals surface area (Å²) >= 11 is 0. The SMILES string of the molecule is CN1C2CCC1CN(C(=O)C1CCCCN1)CC2. The molecule has 3 aliphatic heterocycles. The zero-order chi connectivity index (χ0) is 12.5. The van der Waals surface area contributed by atoms with Gasteiger partial charge < -0.3 is 10.2 Å². The highest BCUT2D eigenvalue weighted by Crippen LogP contribution is 2.28. The second-order valence-corrected chi connectivity index (χ2v) is 6.13. The van der Waals surface area contributed by atoms with Crippen molar-refractivity contribution < 1.29 is 4.79 Å². The number of nitrogens with one attached hydrogen (secondary N) is 1. The summed E-state index contributed by atoms with van der Waals surface area (Å²) in [5.41, 5.74) is 0. The van der Waals surface area contributed by atoms with Crippen LogP contribution >= 0.6 is 0 Å². The van der Waals surface area contributed by atoms with Gasteiger partial charge in [-0.1, -0.05) is 6.42 Å². The minimum atomic E-state index is 0.0979. The van der Waals surface area contributed by atoms with Crippen molar-refractivity contribution in [3.63, 3.8) is 0 Å². The van der Waals surface area contributed by atoms with Crippen LogP contribution in [-0.4, -0.2) is 60.5 Å². The van der Waals surface area contributed by atoms with E-state index >= 15 is 0 Å². The summed E-state index contributed by atoms with van der Waals surface area (Å²) in [5, 5.41) is 3.39. The van der Waals surface area contributed by atoms with Gasteiger partial charge in [-0.2, -0.15) is 0 Å². The Bertz CT molecular complexity index is 314. The maximum Gasteiger partial charge on any atom is 0.239 e. The number of nitrogens with zero attached hydrogens (tertiary/aromatic N) is 2. The average Bonchev–Trinajstić information content (AvgIpc) is 2.64. The number of piperidine rings is 1. The van der Waals surface area contributed by atoms with Crippen molar-refractivity contribution in [2.45, 2.75) is 56.7 Å². The summed E-state index contributed by atoms with van der Waals surface area (Å²) < 4.78 is 0. The van der Waals surface area contributed by atoms with Crippen LogP contribution in [0.2, 0.25) is 0 Å². The van der Waals surface area contributed by atoms with Gasteiger partial charge in [0.25, 0.3) is 0 Å². The zero-order valence-electron chi connectivity index (χ0n) is 11.4. The van der Waals surface area contributed by atoms with E-state index < -0.39 is 0 Å². The third-order valence-electron chi connectivity index (χ3n) is 5.07. The fourth-order valence-electron chi connectivity index (χ4n) is 3.79. The average molecular weight is 251 g/mol. The van der Waals surface area contributed by atoms with Crippen LogP contribution in [0.4, 0.5) is 0 Å². The van der Waals surface area contributed by atoms with Gasteiger partial charge in [-0.05, 0) is 45.7 Å². The number of carbonyl (C=O) groups is 1. The van der Waals surface area contributed by atoms with Crippen molar-refractivity contribution in [3.8, 4) is 0 Å². The minimum absolute atomic E-state index is 0.0979. The van der Waals surface area contributed by atoms with Crippen LogP contribution in [0.1, 0.15) is 38.5 Å². The first-order valence-electron chi connectivity index (χ1n) is 7.50. The molecule has 0 aliphatic carbocycles. The van der Waals surface area contributed by atoms with E-state index in [9.17, 15) is 4.79 Å². The summed E-state index contributed by atoms with van der Waals surface area (Å²) in [6.45, 7) is 2.92. The molecule has 3 unspecified atom stereocenters. The second-order valence-electron chi connectivity index (χ2n) is 6.13. The van der Waals surface area contributed by atoms with Crippen molar-refractivity contribution in [1.82, 2.24) is 15.1 Å². The Morgan fingerprint density at radius 2 is 1.94 bits per heavy atom. The molecule has 0 radical (unpaired) electrons. The van der Waals surface area contributed by atoms with Crippen molar-refractivity contribution >= 4 is 5.91 Å². The summed E-state index contributed by atoms with van der Waals surface area (Å²) in [5.74, 6) is 0.357. The normalized spacial score (nSPS) is 37.6. The predicted octanol–water partition coefficient (Wildman–Crippen LogP) is 0.824. The molecule has 1 amide bonds. The Kier molecular flexibility index (Phi) is 3.57. The topological polar surface area (TPSA) is 35.6 Å². The van der Waals surface area contributed by atoms with E-state index in [4.69, 9.17) is 0 Å². The molecule has 18 heavy (non-hydrogen) atoms. The third kappa shape index (κ3) is 2.28. The van der Waals surface area contributed by atoms with Crippen molar-refractivity contribution in [2.75, 3.05) is 26.7 Å². The summed E-state index contributed by atoms with van der Waals surface area (Å²) in [7, 11) is 2.23. The molecule has 3 heterocycles. The molecule has 3 saturated heterocycles. The largest absolute Gasteiger partial charge is 0.340 e. The fraction of sp³-hybridized carbons (Fsp3) is 0.929.